The number of nitrogens with zero attached hydrogens (tertiary/aromatic N) is 6. The molecule has 0 bridgehead atoms. The minimum Gasteiger partial charge on any atom is -0.457 e. The zero-order valence-corrected chi connectivity index (χ0v) is 20.3. The standard InChI is InChI=1S/C27H27N7O2/c1-18-4-3-5-22(30-18)26-29-14-11-24(33-26)31-23-10-13-28-25(32-23)16-19-6-8-20(9-7-19)27(35)36-21-12-15-34(2)17-21/h3-11,13-14,21H,12,15-17H2,1-2H3,(H,28,29,31,32,33)/t21-/m0/s1. The number of esters is 1. The quantitative estimate of drug-likeness (QED) is 0.394. The average molecular weight is 482 g/mol. The van der Waals surface area contributed by atoms with E-state index in [0.717, 1.165) is 30.8 Å². The molecule has 1 atom stereocenters. The Morgan fingerprint density at radius 1 is 1.00 bits per heavy atom. The maximum atomic E-state index is 12.4. The van der Waals surface area contributed by atoms with Crippen molar-refractivity contribution in [1.29, 1.82) is 0 Å². The molecule has 0 amide bonds. The van der Waals surface area contributed by atoms with Crippen molar-refractivity contribution in [3.8, 4) is 11.5 Å². The van der Waals surface area contributed by atoms with Gasteiger partial charge in [-0.3, -0.25) is 0 Å². The first-order valence-electron chi connectivity index (χ1n) is 11.9. The van der Waals surface area contributed by atoms with Crippen LogP contribution in [-0.4, -0.2) is 62.0 Å². The highest BCUT2D eigenvalue weighted by atomic mass is 16.5. The lowest BCUT2D eigenvalue weighted by Gasteiger charge is -2.12. The number of pyridine rings is 1. The second kappa shape index (κ2) is 10.6. The summed E-state index contributed by atoms with van der Waals surface area (Å²) in [6.07, 6.45) is 4.76. The van der Waals surface area contributed by atoms with Crippen molar-refractivity contribution in [2.45, 2.75) is 25.9 Å². The molecule has 0 aliphatic carbocycles. The van der Waals surface area contributed by atoms with E-state index >= 15 is 0 Å². The molecule has 36 heavy (non-hydrogen) atoms. The summed E-state index contributed by atoms with van der Waals surface area (Å²) in [6.45, 7) is 3.67. The number of rotatable bonds is 7. The summed E-state index contributed by atoms with van der Waals surface area (Å²) in [4.78, 5) is 37.0. The molecule has 0 saturated carbocycles. The monoisotopic (exact) mass is 481 g/mol. The Bertz CT molecular complexity index is 1360. The Hall–Kier alpha value is -4.24. The number of hydrogen-bond acceptors (Lipinski definition) is 9. The summed E-state index contributed by atoms with van der Waals surface area (Å²) >= 11 is 0. The van der Waals surface area contributed by atoms with Crippen LogP contribution in [0.1, 0.15) is 33.9 Å². The molecule has 1 fully saturated rings. The maximum absolute atomic E-state index is 12.4. The van der Waals surface area contributed by atoms with E-state index in [1.807, 2.05) is 44.3 Å². The smallest absolute Gasteiger partial charge is 0.338 e. The molecule has 5 rings (SSSR count). The molecule has 1 saturated heterocycles. The van der Waals surface area contributed by atoms with Gasteiger partial charge in [0.15, 0.2) is 5.82 Å². The zero-order valence-electron chi connectivity index (χ0n) is 20.3. The summed E-state index contributed by atoms with van der Waals surface area (Å²) in [6, 6.07) is 16.7. The fourth-order valence-electron chi connectivity index (χ4n) is 4.06. The summed E-state index contributed by atoms with van der Waals surface area (Å²) in [5.41, 5.74) is 3.16. The van der Waals surface area contributed by atoms with Crippen molar-refractivity contribution in [1.82, 2.24) is 29.8 Å². The molecule has 4 heterocycles. The molecule has 9 nitrogen and oxygen atoms in total. The molecule has 0 unspecified atom stereocenters. The van der Waals surface area contributed by atoms with E-state index in [0.29, 0.717) is 41.0 Å². The molecular weight excluding hydrogens is 454 g/mol. The van der Waals surface area contributed by atoms with Crippen LogP contribution in [0.25, 0.3) is 11.5 Å². The van der Waals surface area contributed by atoms with E-state index in [1.165, 1.54) is 0 Å². The van der Waals surface area contributed by atoms with Crippen molar-refractivity contribution in [3.05, 3.63) is 89.6 Å². The van der Waals surface area contributed by atoms with Crippen LogP contribution in [-0.2, 0) is 11.2 Å². The highest BCUT2D eigenvalue weighted by Gasteiger charge is 2.23. The highest BCUT2D eigenvalue weighted by Crippen LogP contribution is 2.18. The molecule has 4 aromatic rings. The summed E-state index contributed by atoms with van der Waals surface area (Å²) < 4.78 is 5.61. The number of carbonyl (C=O) groups excluding carboxylic acids is 1. The third kappa shape index (κ3) is 5.87. The predicted octanol–water partition coefficient (Wildman–Crippen LogP) is 3.83. The minimum absolute atomic E-state index is 0.0372. The average Bonchev–Trinajstić information content (AvgIpc) is 3.29. The first kappa shape index (κ1) is 23.5. The van der Waals surface area contributed by atoms with Gasteiger partial charge in [-0.05, 0) is 62.4 Å². The van der Waals surface area contributed by atoms with E-state index < -0.39 is 0 Å². The first-order valence-corrected chi connectivity index (χ1v) is 11.9. The van der Waals surface area contributed by atoms with Crippen LogP contribution in [0.3, 0.4) is 0 Å². The van der Waals surface area contributed by atoms with Crippen LogP contribution in [0.15, 0.2) is 67.0 Å². The summed E-state index contributed by atoms with van der Waals surface area (Å²) in [7, 11) is 2.03. The number of likely N-dealkylation sites (tertiary alicyclic amines) is 1. The molecule has 182 valence electrons. The van der Waals surface area contributed by atoms with Gasteiger partial charge >= 0.3 is 5.97 Å². The molecule has 0 radical (unpaired) electrons. The lowest BCUT2D eigenvalue weighted by Crippen LogP contribution is -2.22. The number of anilines is 2. The van der Waals surface area contributed by atoms with Crippen molar-refractivity contribution >= 4 is 17.6 Å². The first-order chi connectivity index (χ1) is 17.5. The van der Waals surface area contributed by atoms with E-state index in [9.17, 15) is 4.79 Å². The van der Waals surface area contributed by atoms with Crippen LogP contribution in [0.4, 0.5) is 11.6 Å². The van der Waals surface area contributed by atoms with E-state index in [4.69, 9.17) is 4.74 Å². The lowest BCUT2D eigenvalue weighted by molar-refractivity contribution is 0.0327. The van der Waals surface area contributed by atoms with Crippen LogP contribution < -0.4 is 5.32 Å². The van der Waals surface area contributed by atoms with Gasteiger partial charge in [0.05, 0.1) is 5.56 Å². The number of likely N-dealkylation sites (N-methyl/N-ethyl adjacent to an activating group) is 1. The molecular formula is C27H27N7O2. The van der Waals surface area contributed by atoms with Gasteiger partial charge in [0.25, 0.3) is 0 Å². The molecule has 3 aromatic heterocycles. The summed E-state index contributed by atoms with van der Waals surface area (Å²) in [5, 5.41) is 3.22. The third-order valence-corrected chi connectivity index (χ3v) is 5.91. The molecule has 1 aliphatic rings. The van der Waals surface area contributed by atoms with Crippen LogP contribution >= 0.6 is 0 Å². The van der Waals surface area contributed by atoms with E-state index in [1.54, 1.807) is 36.7 Å². The van der Waals surface area contributed by atoms with Crippen molar-refractivity contribution in [2.75, 3.05) is 25.5 Å². The molecule has 9 heteroatoms. The van der Waals surface area contributed by atoms with Crippen molar-refractivity contribution in [3.63, 3.8) is 0 Å². The topological polar surface area (TPSA) is 106 Å². The van der Waals surface area contributed by atoms with Gasteiger partial charge in [0, 0.05) is 37.6 Å². The van der Waals surface area contributed by atoms with E-state index in [2.05, 4.69) is 35.1 Å². The Morgan fingerprint density at radius 3 is 2.53 bits per heavy atom. The molecule has 0 spiro atoms. The third-order valence-electron chi connectivity index (χ3n) is 5.91. The lowest BCUT2D eigenvalue weighted by atomic mass is 10.1. The molecule has 1 aliphatic heterocycles. The largest absolute Gasteiger partial charge is 0.457 e. The second-order valence-corrected chi connectivity index (χ2v) is 8.86. The normalized spacial score (nSPS) is 15.6. The Morgan fingerprint density at radius 2 is 1.78 bits per heavy atom. The number of ether oxygens (including phenoxy) is 1. The van der Waals surface area contributed by atoms with Gasteiger partial charge in [-0.25, -0.2) is 29.7 Å². The Balaban J connectivity index is 1.23. The van der Waals surface area contributed by atoms with Crippen LogP contribution in [0.2, 0.25) is 0 Å². The fraction of sp³-hybridized carbons (Fsp3) is 0.259. The fourth-order valence-corrected chi connectivity index (χ4v) is 4.06. The maximum Gasteiger partial charge on any atom is 0.338 e. The number of aromatic nitrogens is 5. The molecule has 1 N–H and O–H groups in total. The predicted molar refractivity (Wildman–Crippen MR) is 136 cm³/mol. The zero-order chi connectivity index (χ0) is 24.9. The number of benzene rings is 1. The minimum atomic E-state index is -0.283. The van der Waals surface area contributed by atoms with Gasteiger partial charge < -0.3 is 15.0 Å². The van der Waals surface area contributed by atoms with Gasteiger partial charge in [-0.15, -0.1) is 0 Å². The van der Waals surface area contributed by atoms with Crippen molar-refractivity contribution in [2.24, 2.45) is 0 Å². The van der Waals surface area contributed by atoms with Gasteiger partial charge in [0.1, 0.15) is 29.3 Å². The summed E-state index contributed by atoms with van der Waals surface area (Å²) in [5.74, 6) is 2.15. The number of nitrogens with one attached hydrogen (secondary N) is 1. The van der Waals surface area contributed by atoms with Crippen molar-refractivity contribution < 1.29 is 9.53 Å². The number of carbonyl (C=O) groups is 1. The van der Waals surface area contributed by atoms with Crippen LogP contribution in [0.5, 0.6) is 0 Å². The highest BCUT2D eigenvalue weighted by molar-refractivity contribution is 5.89. The molecule has 1 aromatic carbocycles. The van der Waals surface area contributed by atoms with Gasteiger partial charge in [0.2, 0.25) is 0 Å². The number of aryl methyl sites for hydroxylation is 1. The number of hydrogen-bond donors (Lipinski definition) is 1. The van der Waals surface area contributed by atoms with E-state index in [-0.39, 0.29) is 12.1 Å². The SMILES string of the molecule is Cc1cccc(-c2nccc(Nc3ccnc(Cc4ccc(C(=O)O[C@H]5CCN(C)C5)cc4)n3)n2)n1. The van der Waals surface area contributed by atoms with Crippen LogP contribution in [0, 0.1) is 6.92 Å². The second-order valence-electron chi connectivity index (χ2n) is 8.86. The van der Waals surface area contributed by atoms with Gasteiger partial charge in [-0.2, -0.15) is 0 Å². The van der Waals surface area contributed by atoms with Gasteiger partial charge in [-0.1, -0.05) is 18.2 Å². The Labute approximate surface area is 209 Å². The Kier molecular flexibility index (Phi) is 6.90.